The smallest absolute Gasteiger partial charge is 0.310 e. The molecule has 1 amide bonds. The number of nitro groups is 1. The Morgan fingerprint density at radius 2 is 2.24 bits per heavy atom. The van der Waals surface area contributed by atoms with Crippen LogP contribution in [0.15, 0.2) is 18.2 Å². The summed E-state index contributed by atoms with van der Waals surface area (Å²) in [6, 6.07) is 4.96. The Morgan fingerprint density at radius 3 is 2.81 bits per heavy atom. The first-order valence-electron chi connectivity index (χ1n) is 6.83. The van der Waals surface area contributed by atoms with Gasteiger partial charge in [-0.05, 0) is 31.5 Å². The van der Waals surface area contributed by atoms with E-state index in [-0.39, 0.29) is 24.0 Å². The molecule has 1 saturated carbocycles. The van der Waals surface area contributed by atoms with E-state index in [1.54, 1.807) is 31.1 Å². The van der Waals surface area contributed by atoms with Crippen molar-refractivity contribution in [1.82, 2.24) is 10.2 Å². The van der Waals surface area contributed by atoms with Crippen LogP contribution in [0.4, 0.5) is 5.69 Å². The van der Waals surface area contributed by atoms with E-state index in [0.717, 1.165) is 18.4 Å². The number of nitro benzene ring substituents is 1. The van der Waals surface area contributed by atoms with Crippen LogP contribution < -0.4 is 10.1 Å². The molecule has 1 N–H and O–H groups in total. The van der Waals surface area contributed by atoms with Crippen molar-refractivity contribution in [3.05, 3.63) is 33.9 Å². The number of carbonyl (C=O) groups excluding carboxylic acids is 1. The third-order valence-corrected chi connectivity index (χ3v) is 3.44. The van der Waals surface area contributed by atoms with Gasteiger partial charge >= 0.3 is 5.69 Å². The van der Waals surface area contributed by atoms with Crippen LogP contribution in [-0.2, 0) is 11.3 Å². The molecule has 1 fully saturated rings. The zero-order valence-corrected chi connectivity index (χ0v) is 12.2. The molecule has 0 saturated heterocycles. The van der Waals surface area contributed by atoms with Crippen LogP contribution in [0.2, 0.25) is 0 Å². The molecule has 0 aliphatic heterocycles. The Balaban J connectivity index is 2.07. The van der Waals surface area contributed by atoms with Gasteiger partial charge in [-0.25, -0.2) is 0 Å². The van der Waals surface area contributed by atoms with Gasteiger partial charge in [0.15, 0.2) is 12.4 Å². The molecule has 0 bridgehead atoms. The lowest BCUT2D eigenvalue weighted by Gasteiger charge is -2.16. The number of amides is 1. The summed E-state index contributed by atoms with van der Waals surface area (Å²) in [6.45, 7) is 0.390. The molecule has 7 nitrogen and oxygen atoms in total. The molecule has 7 heteroatoms. The maximum Gasteiger partial charge on any atom is 0.310 e. The van der Waals surface area contributed by atoms with E-state index in [1.807, 2.05) is 0 Å². The monoisotopic (exact) mass is 293 g/mol. The highest BCUT2D eigenvalue weighted by molar-refractivity contribution is 5.78. The molecule has 1 aromatic rings. The van der Waals surface area contributed by atoms with Crippen molar-refractivity contribution >= 4 is 11.6 Å². The number of likely N-dealkylation sites (N-methyl/N-ethyl adjacent to an activating group) is 1. The van der Waals surface area contributed by atoms with Crippen LogP contribution >= 0.6 is 0 Å². The summed E-state index contributed by atoms with van der Waals surface area (Å²) < 4.78 is 5.39. The first kappa shape index (κ1) is 15.2. The molecule has 0 heterocycles. The van der Waals surface area contributed by atoms with E-state index in [2.05, 4.69) is 5.32 Å². The quantitative estimate of drug-likeness (QED) is 0.605. The largest absolute Gasteiger partial charge is 0.477 e. The standard InChI is InChI=1S/C14H19N3O4/c1-15-8-10-3-6-12(17(19)20)13(7-10)21-9-14(18)16(2)11-4-5-11/h3,6-7,11,15H,4-5,8-9H2,1-2H3. The van der Waals surface area contributed by atoms with Crippen LogP contribution in [0.5, 0.6) is 5.75 Å². The topological polar surface area (TPSA) is 84.7 Å². The zero-order valence-electron chi connectivity index (χ0n) is 12.2. The SMILES string of the molecule is CNCc1ccc([N+](=O)[O-])c(OCC(=O)N(C)C2CC2)c1. The van der Waals surface area contributed by atoms with Crippen LogP contribution in [-0.4, -0.2) is 42.5 Å². The maximum atomic E-state index is 11.9. The molecule has 1 aromatic carbocycles. The summed E-state index contributed by atoms with van der Waals surface area (Å²) in [4.78, 5) is 24.0. The number of rotatable bonds is 7. The molecule has 21 heavy (non-hydrogen) atoms. The van der Waals surface area contributed by atoms with Gasteiger partial charge in [0.05, 0.1) is 4.92 Å². The molecule has 0 unspecified atom stereocenters. The third-order valence-electron chi connectivity index (χ3n) is 3.44. The highest BCUT2D eigenvalue weighted by Gasteiger charge is 2.30. The van der Waals surface area contributed by atoms with Gasteiger partial charge in [-0.2, -0.15) is 0 Å². The Hall–Kier alpha value is -2.15. The van der Waals surface area contributed by atoms with Crippen molar-refractivity contribution in [2.45, 2.75) is 25.4 Å². The third kappa shape index (κ3) is 3.91. The minimum absolute atomic E-state index is 0.128. The van der Waals surface area contributed by atoms with E-state index >= 15 is 0 Å². The molecular weight excluding hydrogens is 274 g/mol. The van der Waals surface area contributed by atoms with Crippen molar-refractivity contribution in [1.29, 1.82) is 0 Å². The number of hydrogen-bond acceptors (Lipinski definition) is 5. The fourth-order valence-electron chi connectivity index (χ4n) is 2.05. The lowest BCUT2D eigenvalue weighted by Crippen LogP contribution is -2.33. The van der Waals surface area contributed by atoms with E-state index in [0.29, 0.717) is 12.6 Å². The summed E-state index contributed by atoms with van der Waals surface area (Å²) in [7, 11) is 3.52. The van der Waals surface area contributed by atoms with E-state index in [4.69, 9.17) is 4.74 Å². The first-order valence-corrected chi connectivity index (χ1v) is 6.83. The van der Waals surface area contributed by atoms with Gasteiger partial charge in [-0.15, -0.1) is 0 Å². The van der Waals surface area contributed by atoms with Gasteiger partial charge in [0.25, 0.3) is 5.91 Å². The summed E-state index contributed by atoms with van der Waals surface area (Å²) in [5.41, 5.74) is 0.734. The van der Waals surface area contributed by atoms with Crippen LogP contribution in [0.25, 0.3) is 0 Å². The predicted octanol–water partition coefficient (Wildman–Crippen LogP) is 1.31. The fourth-order valence-corrected chi connectivity index (χ4v) is 2.05. The second kappa shape index (κ2) is 6.53. The van der Waals surface area contributed by atoms with Crippen LogP contribution in [0.3, 0.4) is 0 Å². The lowest BCUT2D eigenvalue weighted by molar-refractivity contribution is -0.385. The lowest BCUT2D eigenvalue weighted by atomic mass is 10.2. The van der Waals surface area contributed by atoms with Gasteiger partial charge in [0.2, 0.25) is 0 Å². The van der Waals surface area contributed by atoms with Crippen molar-refractivity contribution in [2.75, 3.05) is 20.7 Å². The molecule has 0 atom stereocenters. The zero-order chi connectivity index (χ0) is 15.4. The van der Waals surface area contributed by atoms with E-state index < -0.39 is 4.92 Å². The number of nitrogens with zero attached hydrogens (tertiary/aromatic N) is 2. The van der Waals surface area contributed by atoms with Gasteiger partial charge in [-0.1, -0.05) is 6.07 Å². The summed E-state index contributed by atoms with van der Waals surface area (Å²) in [6.07, 6.45) is 2.03. The molecule has 114 valence electrons. The second-order valence-electron chi connectivity index (χ2n) is 5.11. The van der Waals surface area contributed by atoms with Gasteiger partial charge in [-0.3, -0.25) is 14.9 Å². The molecule has 2 rings (SSSR count). The Morgan fingerprint density at radius 1 is 1.52 bits per heavy atom. The van der Waals surface area contributed by atoms with Gasteiger partial charge < -0.3 is 15.0 Å². The van der Waals surface area contributed by atoms with Crippen molar-refractivity contribution in [3.63, 3.8) is 0 Å². The number of nitrogens with one attached hydrogen (secondary N) is 1. The van der Waals surface area contributed by atoms with Crippen molar-refractivity contribution in [3.8, 4) is 5.75 Å². The Labute approximate surface area is 123 Å². The average molecular weight is 293 g/mol. The highest BCUT2D eigenvalue weighted by Crippen LogP contribution is 2.29. The number of ether oxygens (including phenoxy) is 1. The predicted molar refractivity (Wildman–Crippen MR) is 77.1 cm³/mol. The van der Waals surface area contributed by atoms with Gasteiger partial charge in [0, 0.05) is 25.7 Å². The second-order valence-corrected chi connectivity index (χ2v) is 5.11. The molecule has 1 aliphatic rings. The number of benzene rings is 1. The van der Waals surface area contributed by atoms with Crippen molar-refractivity contribution in [2.24, 2.45) is 0 Å². The fraction of sp³-hybridized carbons (Fsp3) is 0.500. The number of hydrogen-bond donors (Lipinski definition) is 1. The molecule has 0 spiro atoms. The van der Waals surface area contributed by atoms with E-state index in [1.165, 1.54) is 6.07 Å². The van der Waals surface area contributed by atoms with Crippen LogP contribution in [0.1, 0.15) is 18.4 Å². The van der Waals surface area contributed by atoms with Crippen molar-refractivity contribution < 1.29 is 14.5 Å². The van der Waals surface area contributed by atoms with Crippen LogP contribution in [0, 0.1) is 10.1 Å². The summed E-state index contributed by atoms with van der Waals surface area (Å²) in [5, 5.41) is 14.0. The normalized spacial score (nSPS) is 13.8. The molecule has 0 aromatic heterocycles. The molecule has 0 radical (unpaired) electrons. The highest BCUT2D eigenvalue weighted by atomic mass is 16.6. The summed E-state index contributed by atoms with van der Waals surface area (Å²) in [5.74, 6) is -0.0314. The first-order chi connectivity index (χ1) is 10.0. The molecule has 1 aliphatic carbocycles. The minimum atomic E-state index is -0.506. The molecular formula is C14H19N3O4. The number of carbonyl (C=O) groups is 1. The van der Waals surface area contributed by atoms with E-state index in [9.17, 15) is 14.9 Å². The maximum absolute atomic E-state index is 11.9. The minimum Gasteiger partial charge on any atom is -0.477 e. The summed E-state index contributed by atoms with van der Waals surface area (Å²) >= 11 is 0. The Bertz CT molecular complexity index is 543. The average Bonchev–Trinajstić information content (AvgIpc) is 3.28. The van der Waals surface area contributed by atoms with Gasteiger partial charge in [0.1, 0.15) is 0 Å². The Kier molecular flexibility index (Phi) is 4.74.